The highest BCUT2D eigenvalue weighted by atomic mass is 16.5. The number of methoxy groups -OCH3 is 1. The molecule has 2 heterocycles. The number of pyridine rings is 1. The van der Waals surface area contributed by atoms with Crippen LogP contribution in [-0.2, 0) is 11.3 Å². The molecule has 0 spiro atoms. The molecule has 1 saturated heterocycles. The Bertz CT molecular complexity index is 484. The number of ether oxygens (including phenoxy) is 2. The molecule has 2 N–H and O–H groups in total. The fourth-order valence-corrected chi connectivity index (χ4v) is 2.33. The number of hydrogen-bond acceptors (Lipinski definition) is 4. The molecule has 0 amide bonds. The van der Waals surface area contributed by atoms with Crippen LogP contribution in [0.15, 0.2) is 23.3 Å². The topological polar surface area (TPSA) is 67.8 Å². The molecule has 1 fully saturated rings. The van der Waals surface area contributed by atoms with Gasteiger partial charge in [-0.2, -0.15) is 0 Å². The smallest absolute Gasteiger partial charge is 0.213 e. The summed E-state index contributed by atoms with van der Waals surface area (Å²) in [5, 5.41) is 6.60. The predicted octanol–water partition coefficient (Wildman–Crippen LogP) is 1.32. The van der Waals surface area contributed by atoms with E-state index in [-0.39, 0.29) is 5.60 Å². The van der Waals surface area contributed by atoms with Gasteiger partial charge in [0, 0.05) is 39.0 Å². The van der Waals surface area contributed by atoms with E-state index in [0.717, 1.165) is 37.5 Å². The molecular weight excluding hydrogens is 268 g/mol. The Labute approximate surface area is 126 Å². The van der Waals surface area contributed by atoms with Gasteiger partial charge in [0.2, 0.25) is 5.88 Å². The summed E-state index contributed by atoms with van der Waals surface area (Å²) < 4.78 is 10.9. The molecule has 0 radical (unpaired) electrons. The molecule has 1 unspecified atom stereocenters. The molecule has 1 aromatic heterocycles. The SMILES string of the molecule is CN=C(NCc1ccnc(OC)c1)NCC1(C)CCCO1. The van der Waals surface area contributed by atoms with Gasteiger partial charge in [-0.3, -0.25) is 4.99 Å². The normalized spacial score (nSPS) is 22.1. The lowest BCUT2D eigenvalue weighted by Gasteiger charge is -2.24. The summed E-state index contributed by atoms with van der Waals surface area (Å²) in [6.45, 7) is 4.40. The van der Waals surface area contributed by atoms with Crippen molar-refractivity contribution in [2.24, 2.45) is 4.99 Å². The van der Waals surface area contributed by atoms with Crippen LogP contribution >= 0.6 is 0 Å². The first kappa shape index (κ1) is 15.6. The van der Waals surface area contributed by atoms with Crippen LogP contribution in [0.3, 0.4) is 0 Å². The highest BCUT2D eigenvalue weighted by molar-refractivity contribution is 5.79. The maximum absolute atomic E-state index is 5.76. The Morgan fingerprint density at radius 1 is 1.52 bits per heavy atom. The molecule has 0 saturated carbocycles. The number of aliphatic imine (C=N–C) groups is 1. The molecule has 0 aliphatic carbocycles. The van der Waals surface area contributed by atoms with Crippen LogP contribution in [0, 0.1) is 0 Å². The number of aromatic nitrogens is 1. The van der Waals surface area contributed by atoms with Gasteiger partial charge in [-0.1, -0.05) is 0 Å². The van der Waals surface area contributed by atoms with Crippen LogP contribution in [0.4, 0.5) is 0 Å². The molecule has 1 aliphatic rings. The van der Waals surface area contributed by atoms with Crippen LogP contribution in [0.1, 0.15) is 25.3 Å². The lowest BCUT2D eigenvalue weighted by atomic mass is 10.0. The minimum absolute atomic E-state index is 0.0858. The summed E-state index contributed by atoms with van der Waals surface area (Å²) in [5.74, 6) is 1.38. The van der Waals surface area contributed by atoms with Gasteiger partial charge in [0.05, 0.1) is 12.7 Å². The molecule has 1 aliphatic heterocycles. The second-order valence-electron chi connectivity index (χ2n) is 5.39. The van der Waals surface area contributed by atoms with Crippen molar-refractivity contribution in [1.29, 1.82) is 0 Å². The summed E-state index contributed by atoms with van der Waals surface area (Å²) in [5.41, 5.74) is 1.01. The summed E-state index contributed by atoms with van der Waals surface area (Å²) >= 11 is 0. The average Bonchev–Trinajstić information content (AvgIpc) is 2.95. The first-order valence-corrected chi connectivity index (χ1v) is 7.22. The maximum atomic E-state index is 5.76. The zero-order chi connectivity index (χ0) is 15.1. The molecule has 1 aromatic rings. The van der Waals surface area contributed by atoms with Crippen LogP contribution in [0.2, 0.25) is 0 Å². The minimum atomic E-state index is -0.0858. The fourth-order valence-electron chi connectivity index (χ4n) is 2.33. The number of nitrogens with one attached hydrogen (secondary N) is 2. The third-order valence-corrected chi connectivity index (χ3v) is 3.62. The van der Waals surface area contributed by atoms with Crippen molar-refractivity contribution in [2.45, 2.75) is 31.9 Å². The lowest BCUT2D eigenvalue weighted by Crippen LogP contribution is -2.45. The molecule has 116 valence electrons. The summed E-state index contributed by atoms with van der Waals surface area (Å²) in [7, 11) is 3.38. The molecule has 6 nitrogen and oxygen atoms in total. The van der Waals surface area contributed by atoms with Gasteiger partial charge in [-0.25, -0.2) is 4.98 Å². The summed E-state index contributed by atoms with van der Waals surface area (Å²) in [4.78, 5) is 8.32. The molecule has 2 rings (SSSR count). The van der Waals surface area contributed by atoms with Crippen LogP contribution in [0.5, 0.6) is 5.88 Å². The van der Waals surface area contributed by atoms with Gasteiger partial charge >= 0.3 is 0 Å². The van der Waals surface area contributed by atoms with E-state index in [9.17, 15) is 0 Å². The third-order valence-electron chi connectivity index (χ3n) is 3.62. The van der Waals surface area contributed by atoms with Crippen molar-refractivity contribution in [3.8, 4) is 5.88 Å². The van der Waals surface area contributed by atoms with E-state index in [1.165, 1.54) is 0 Å². The average molecular weight is 292 g/mol. The van der Waals surface area contributed by atoms with Crippen molar-refractivity contribution in [1.82, 2.24) is 15.6 Å². The van der Waals surface area contributed by atoms with Gasteiger partial charge in [0.25, 0.3) is 0 Å². The third kappa shape index (κ3) is 4.60. The van der Waals surface area contributed by atoms with Crippen molar-refractivity contribution in [3.05, 3.63) is 23.9 Å². The zero-order valence-electron chi connectivity index (χ0n) is 13.0. The second kappa shape index (κ2) is 7.26. The van der Waals surface area contributed by atoms with Crippen LogP contribution < -0.4 is 15.4 Å². The van der Waals surface area contributed by atoms with E-state index in [4.69, 9.17) is 9.47 Å². The number of nitrogens with zero attached hydrogens (tertiary/aromatic N) is 2. The number of hydrogen-bond donors (Lipinski definition) is 2. The molecule has 1 atom stereocenters. The molecule has 6 heteroatoms. The first-order chi connectivity index (χ1) is 10.1. The monoisotopic (exact) mass is 292 g/mol. The van der Waals surface area contributed by atoms with Crippen molar-refractivity contribution < 1.29 is 9.47 Å². The van der Waals surface area contributed by atoms with E-state index < -0.39 is 0 Å². The van der Waals surface area contributed by atoms with Gasteiger partial charge in [-0.15, -0.1) is 0 Å². The number of rotatable bonds is 5. The summed E-state index contributed by atoms with van der Waals surface area (Å²) in [6.07, 6.45) is 3.94. The maximum Gasteiger partial charge on any atom is 0.213 e. The molecule has 0 aromatic carbocycles. The highest BCUT2D eigenvalue weighted by Crippen LogP contribution is 2.23. The molecular formula is C15H24N4O2. The minimum Gasteiger partial charge on any atom is -0.481 e. The van der Waals surface area contributed by atoms with E-state index in [1.807, 2.05) is 12.1 Å². The van der Waals surface area contributed by atoms with Crippen molar-refractivity contribution >= 4 is 5.96 Å². The lowest BCUT2D eigenvalue weighted by molar-refractivity contribution is 0.0243. The fraction of sp³-hybridized carbons (Fsp3) is 0.600. The van der Waals surface area contributed by atoms with E-state index in [0.29, 0.717) is 12.4 Å². The van der Waals surface area contributed by atoms with Gasteiger partial charge in [0.1, 0.15) is 0 Å². The number of guanidine groups is 1. The van der Waals surface area contributed by atoms with E-state index in [2.05, 4.69) is 27.5 Å². The van der Waals surface area contributed by atoms with Crippen molar-refractivity contribution in [3.63, 3.8) is 0 Å². The van der Waals surface area contributed by atoms with Crippen molar-refractivity contribution in [2.75, 3.05) is 27.3 Å². The first-order valence-electron chi connectivity index (χ1n) is 7.22. The van der Waals surface area contributed by atoms with E-state index in [1.54, 1.807) is 20.4 Å². The molecule has 0 bridgehead atoms. The van der Waals surface area contributed by atoms with Gasteiger partial charge in [0.15, 0.2) is 5.96 Å². The van der Waals surface area contributed by atoms with Gasteiger partial charge < -0.3 is 20.1 Å². The Balaban J connectivity index is 1.82. The Morgan fingerprint density at radius 3 is 3.05 bits per heavy atom. The van der Waals surface area contributed by atoms with Crippen LogP contribution in [-0.4, -0.2) is 43.9 Å². The molecule has 21 heavy (non-hydrogen) atoms. The summed E-state index contributed by atoms with van der Waals surface area (Å²) in [6, 6.07) is 3.85. The van der Waals surface area contributed by atoms with Crippen LogP contribution in [0.25, 0.3) is 0 Å². The Hall–Kier alpha value is -1.82. The Morgan fingerprint density at radius 2 is 2.38 bits per heavy atom. The second-order valence-corrected chi connectivity index (χ2v) is 5.39. The standard InChI is InChI=1S/C15H24N4O2/c1-15(6-4-8-21-15)11-19-14(16-2)18-10-12-5-7-17-13(9-12)20-3/h5,7,9H,4,6,8,10-11H2,1-3H3,(H2,16,18,19). The zero-order valence-corrected chi connectivity index (χ0v) is 13.0. The largest absolute Gasteiger partial charge is 0.481 e. The highest BCUT2D eigenvalue weighted by Gasteiger charge is 2.29. The quantitative estimate of drug-likeness (QED) is 0.633. The Kier molecular flexibility index (Phi) is 5.38. The van der Waals surface area contributed by atoms with Gasteiger partial charge in [-0.05, 0) is 31.4 Å². The van der Waals surface area contributed by atoms with E-state index >= 15 is 0 Å². The predicted molar refractivity (Wildman–Crippen MR) is 82.6 cm³/mol.